The lowest BCUT2D eigenvalue weighted by molar-refractivity contribution is -0.156. The molecule has 136 valence electrons. The maximum absolute atomic E-state index is 11.4. The first-order chi connectivity index (χ1) is 10.8. The Hall–Kier alpha value is -1.18. The summed E-state index contributed by atoms with van der Waals surface area (Å²) in [6.45, 7) is 9.95. The van der Waals surface area contributed by atoms with Crippen LogP contribution in [0.25, 0.3) is 0 Å². The van der Waals surface area contributed by atoms with E-state index in [1.54, 1.807) is 6.92 Å². The van der Waals surface area contributed by atoms with E-state index in [0.29, 0.717) is 46.2 Å². The van der Waals surface area contributed by atoms with Crippen LogP contribution in [0, 0.1) is 0 Å². The van der Waals surface area contributed by atoms with Crippen LogP contribution in [0.3, 0.4) is 0 Å². The van der Waals surface area contributed by atoms with Gasteiger partial charge in [-0.3, -0.25) is 9.59 Å². The number of carbonyl (C=O) groups excluding carboxylic acids is 2. The molecule has 7 heteroatoms. The molecule has 0 fully saturated rings. The zero-order chi connectivity index (χ0) is 17.6. The van der Waals surface area contributed by atoms with E-state index in [-0.39, 0.29) is 24.8 Å². The van der Waals surface area contributed by atoms with Crippen molar-refractivity contribution in [3.63, 3.8) is 0 Å². The first-order valence-electron chi connectivity index (χ1n) is 7.96. The molecule has 0 heterocycles. The van der Waals surface area contributed by atoms with E-state index in [9.17, 15) is 9.59 Å². The largest absolute Gasteiger partial charge is 0.466 e. The Labute approximate surface area is 138 Å². The maximum atomic E-state index is 11.4. The Balaban J connectivity index is 3.25. The van der Waals surface area contributed by atoms with E-state index in [2.05, 4.69) is 0 Å². The Morgan fingerprint density at radius 3 is 1.61 bits per heavy atom. The highest BCUT2D eigenvalue weighted by atomic mass is 16.6. The van der Waals surface area contributed by atoms with Crippen molar-refractivity contribution < 1.29 is 33.3 Å². The topological polar surface area (TPSA) is 80.3 Å². The van der Waals surface area contributed by atoms with Gasteiger partial charge < -0.3 is 23.7 Å². The van der Waals surface area contributed by atoms with Crippen molar-refractivity contribution in [2.45, 2.75) is 46.1 Å². The number of esters is 2. The van der Waals surface area contributed by atoms with Gasteiger partial charge in [0, 0.05) is 0 Å². The number of hydrogen-bond donors (Lipinski definition) is 0. The van der Waals surface area contributed by atoms with E-state index >= 15 is 0 Å². The highest BCUT2D eigenvalue weighted by molar-refractivity contribution is 5.70. The molecule has 0 radical (unpaired) electrons. The molecule has 0 spiro atoms. The number of ether oxygens (including phenoxy) is 5. The van der Waals surface area contributed by atoms with Crippen molar-refractivity contribution in [3.8, 4) is 0 Å². The fourth-order valence-electron chi connectivity index (χ4n) is 1.48. The molecule has 0 unspecified atom stereocenters. The van der Waals surface area contributed by atoms with Gasteiger partial charge in [-0.05, 0) is 27.7 Å². The lowest BCUT2D eigenvalue weighted by Crippen LogP contribution is -2.24. The summed E-state index contributed by atoms with van der Waals surface area (Å²) in [6.07, 6.45) is 0.482. The molecular formula is C16H30O7. The molecule has 0 aliphatic carbocycles. The molecule has 7 nitrogen and oxygen atoms in total. The Morgan fingerprint density at radius 1 is 0.739 bits per heavy atom. The van der Waals surface area contributed by atoms with Gasteiger partial charge in [0.1, 0.15) is 5.60 Å². The maximum Gasteiger partial charge on any atom is 0.308 e. The Kier molecular flexibility index (Phi) is 12.6. The van der Waals surface area contributed by atoms with Crippen molar-refractivity contribution >= 4 is 11.9 Å². The minimum Gasteiger partial charge on any atom is -0.466 e. The zero-order valence-corrected chi connectivity index (χ0v) is 14.7. The average Bonchev–Trinajstić information content (AvgIpc) is 2.43. The van der Waals surface area contributed by atoms with Gasteiger partial charge in [-0.15, -0.1) is 0 Å². The summed E-state index contributed by atoms with van der Waals surface area (Å²) in [5.41, 5.74) is -0.465. The first-order valence-corrected chi connectivity index (χ1v) is 7.96. The van der Waals surface area contributed by atoms with Crippen molar-refractivity contribution in [3.05, 3.63) is 0 Å². The van der Waals surface area contributed by atoms with Crippen molar-refractivity contribution in [1.82, 2.24) is 0 Å². The monoisotopic (exact) mass is 334 g/mol. The molecule has 0 aromatic rings. The van der Waals surface area contributed by atoms with E-state index in [1.165, 1.54) is 0 Å². The molecule has 0 rings (SSSR count). The van der Waals surface area contributed by atoms with Crippen LogP contribution in [0.1, 0.15) is 40.5 Å². The second kappa shape index (κ2) is 13.3. The fraction of sp³-hybridized carbons (Fsp3) is 0.875. The summed E-state index contributed by atoms with van der Waals surface area (Å²) in [4.78, 5) is 22.4. The molecule has 0 N–H and O–H groups in total. The van der Waals surface area contributed by atoms with Crippen LogP contribution in [0.5, 0.6) is 0 Å². The van der Waals surface area contributed by atoms with Crippen molar-refractivity contribution in [2.75, 3.05) is 46.2 Å². The number of carbonyl (C=O) groups is 2. The highest BCUT2D eigenvalue weighted by Gasteiger charge is 2.15. The molecule has 23 heavy (non-hydrogen) atoms. The molecule has 0 aromatic heterocycles. The molecule has 0 aromatic carbocycles. The average molecular weight is 334 g/mol. The SMILES string of the molecule is CCOC(=O)CCOCCOCCOCCC(=O)OC(C)(C)C. The summed E-state index contributed by atoms with van der Waals surface area (Å²) in [7, 11) is 0. The van der Waals surface area contributed by atoms with E-state index in [1.807, 2.05) is 20.8 Å². The van der Waals surface area contributed by atoms with Gasteiger partial charge in [-0.1, -0.05) is 0 Å². The number of rotatable bonds is 13. The van der Waals surface area contributed by atoms with Crippen LogP contribution in [-0.2, 0) is 33.3 Å². The van der Waals surface area contributed by atoms with E-state index < -0.39 is 5.60 Å². The third-order valence-corrected chi connectivity index (χ3v) is 2.37. The van der Waals surface area contributed by atoms with Crippen LogP contribution in [0.2, 0.25) is 0 Å². The molecule has 0 bridgehead atoms. The molecule has 0 aliphatic rings. The molecule has 0 amide bonds. The van der Waals surface area contributed by atoms with Crippen LogP contribution < -0.4 is 0 Å². The summed E-state index contributed by atoms with van der Waals surface area (Å²) >= 11 is 0. The van der Waals surface area contributed by atoms with Crippen molar-refractivity contribution in [2.24, 2.45) is 0 Å². The van der Waals surface area contributed by atoms with Gasteiger partial charge >= 0.3 is 11.9 Å². The smallest absolute Gasteiger partial charge is 0.308 e. The first kappa shape index (κ1) is 21.8. The minimum absolute atomic E-state index is 0.230. The van der Waals surface area contributed by atoms with Crippen LogP contribution in [-0.4, -0.2) is 63.8 Å². The third-order valence-electron chi connectivity index (χ3n) is 2.37. The lowest BCUT2D eigenvalue weighted by atomic mass is 10.2. The summed E-state index contributed by atoms with van der Waals surface area (Å²) in [5, 5.41) is 0. The van der Waals surface area contributed by atoms with Gasteiger partial charge in [0.05, 0.1) is 59.1 Å². The van der Waals surface area contributed by atoms with Gasteiger partial charge in [0.15, 0.2) is 0 Å². The van der Waals surface area contributed by atoms with Crippen LogP contribution in [0.15, 0.2) is 0 Å². The molecule has 0 saturated carbocycles. The zero-order valence-electron chi connectivity index (χ0n) is 14.7. The van der Waals surface area contributed by atoms with Crippen LogP contribution in [0.4, 0.5) is 0 Å². The normalized spacial score (nSPS) is 11.3. The Bertz CT molecular complexity index is 323. The van der Waals surface area contributed by atoms with E-state index in [4.69, 9.17) is 23.7 Å². The van der Waals surface area contributed by atoms with Gasteiger partial charge in [-0.2, -0.15) is 0 Å². The van der Waals surface area contributed by atoms with Crippen molar-refractivity contribution in [1.29, 1.82) is 0 Å². The van der Waals surface area contributed by atoms with Gasteiger partial charge in [0.2, 0.25) is 0 Å². The minimum atomic E-state index is -0.465. The molecule has 0 saturated heterocycles. The van der Waals surface area contributed by atoms with Crippen LogP contribution >= 0.6 is 0 Å². The standard InChI is InChI=1S/C16H30O7/c1-5-22-14(17)6-8-19-10-12-21-13-11-20-9-7-15(18)23-16(2,3)4/h5-13H2,1-4H3. The summed E-state index contributed by atoms with van der Waals surface area (Å²) in [5.74, 6) is -0.528. The molecule has 0 atom stereocenters. The predicted molar refractivity (Wildman–Crippen MR) is 84.2 cm³/mol. The second-order valence-electron chi connectivity index (χ2n) is 5.73. The molecule has 0 aliphatic heterocycles. The second-order valence-corrected chi connectivity index (χ2v) is 5.73. The highest BCUT2D eigenvalue weighted by Crippen LogP contribution is 2.07. The Morgan fingerprint density at radius 2 is 1.17 bits per heavy atom. The summed E-state index contributed by atoms with van der Waals surface area (Å²) < 4.78 is 25.7. The van der Waals surface area contributed by atoms with Gasteiger partial charge in [-0.25, -0.2) is 0 Å². The number of hydrogen-bond acceptors (Lipinski definition) is 7. The fourth-order valence-corrected chi connectivity index (χ4v) is 1.48. The lowest BCUT2D eigenvalue weighted by Gasteiger charge is -2.19. The summed E-state index contributed by atoms with van der Waals surface area (Å²) in [6, 6.07) is 0. The third kappa shape index (κ3) is 17.0. The van der Waals surface area contributed by atoms with Gasteiger partial charge in [0.25, 0.3) is 0 Å². The quantitative estimate of drug-likeness (QED) is 0.375. The van der Waals surface area contributed by atoms with E-state index in [0.717, 1.165) is 0 Å². The molecular weight excluding hydrogens is 304 g/mol. The predicted octanol–water partition coefficient (Wildman–Crippen LogP) is 1.72.